The molecule has 2 aliphatic heterocycles. The number of rotatable bonds is 7. The van der Waals surface area contributed by atoms with Gasteiger partial charge in [-0.2, -0.15) is 0 Å². The predicted molar refractivity (Wildman–Crippen MR) is 79.8 cm³/mol. The van der Waals surface area contributed by atoms with Gasteiger partial charge in [-0.1, -0.05) is 13.8 Å². The molecule has 2 amide bonds. The zero-order valence-corrected chi connectivity index (χ0v) is 12.9. The second kappa shape index (κ2) is 7.84. The van der Waals surface area contributed by atoms with Gasteiger partial charge in [-0.25, -0.2) is 4.79 Å². The first kappa shape index (κ1) is 15.6. The van der Waals surface area contributed by atoms with Gasteiger partial charge >= 0.3 is 6.03 Å². The summed E-state index contributed by atoms with van der Waals surface area (Å²) in [4.78, 5) is 16.4. The Bertz CT molecular complexity index is 303. The third-order valence-corrected chi connectivity index (χ3v) is 4.22. The van der Waals surface area contributed by atoms with E-state index in [1.807, 2.05) is 4.90 Å². The molecule has 0 radical (unpaired) electrons. The highest BCUT2D eigenvalue weighted by atomic mass is 16.5. The van der Waals surface area contributed by atoms with Gasteiger partial charge in [0.15, 0.2) is 0 Å². The van der Waals surface area contributed by atoms with Crippen molar-refractivity contribution in [2.45, 2.75) is 39.2 Å². The fraction of sp³-hybridized carbons (Fsp3) is 0.933. The molecule has 2 fully saturated rings. The van der Waals surface area contributed by atoms with Crippen molar-refractivity contribution in [1.82, 2.24) is 15.1 Å². The van der Waals surface area contributed by atoms with Crippen LogP contribution >= 0.6 is 0 Å². The van der Waals surface area contributed by atoms with Crippen molar-refractivity contribution >= 4 is 6.03 Å². The van der Waals surface area contributed by atoms with Crippen LogP contribution in [0.5, 0.6) is 0 Å². The van der Waals surface area contributed by atoms with Crippen molar-refractivity contribution in [3.8, 4) is 0 Å². The molecule has 0 aliphatic carbocycles. The maximum absolute atomic E-state index is 12.4. The molecule has 2 saturated heterocycles. The molecule has 2 rings (SSSR count). The minimum absolute atomic E-state index is 0.212. The zero-order valence-electron chi connectivity index (χ0n) is 12.9. The van der Waals surface area contributed by atoms with Crippen molar-refractivity contribution in [3.63, 3.8) is 0 Å². The second-order valence-electron chi connectivity index (χ2n) is 6.24. The van der Waals surface area contributed by atoms with Crippen LogP contribution in [-0.2, 0) is 4.74 Å². The van der Waals surface area contributed by atoms with Crippen molar-refractivity contribution in [2.24, 2.45) is 5.92 Å². The van der Waals surface area contributed by atoms with Gasteiger partial charge in [-0.3, -0.25) is 0 Å². The number of ether oxygens (including phenoxy) is 1. The fourth-order valence-electron chi connectivity index (χ4n) is 2.86. The van der Waals surface area contributed by atoms with Crippen molar-refractivity contribution in [1.29, 1.82) is 0 Å². The molecule has 116 valence electrons. The molecular weight excluding hydrogens is 254 g/mol. The molecule has 0 aromatic carbocycles. The van der Waals surface area contributed by atoms with E-state index in [9.17, 15) is 4.79 Å². The Morgan fingerprint density at radius 2 is 2.00 bits per heavy atom. The zero-order chi connectivity index (χ0) is 14.4. The summed E-state index contributed by atoms with van der Waals surface area (Å²) in [7, 11) is 0. The first-order valence-electron chi connectivity index (χ1n) is 8.02. The van der Waals surface area contributed by atoms with E-state index in [2.05, 4.69) is 24.1 Å². The van der Waals surface area contributed by atoms with Crippen LogP contribution in [0.25, 0.3) is 0 Å². The molecule has 5 heteroatoms. The number of nitrogens with one attached hydrogen (secondary N) is 1. The Morgan fingerprint density at radius 1 is 1.25 bits per heavy atom. The van der Waals surface area contributed by atoms with Crippen LogP contribution in [0, 0.1) is 5.92 Å². The van der Waals surface area contributed by atoms with Crippen LogP contribution in [-0.4, -0.2) is 67.8 Å². The minimum atomic E-state index is 0.212. The third kappa shape index (κ3) is 4.35. The Hall–Kier alpha value is -0.810. The van der Waals surface area contributed by atoms with Gasteiger partial charge in [0.25, 0.3) is 0 Å². The van der Waals surface area contributed by atoms with Gasteiger partial charge < -0.3 is 19.9 Å². The molecule has 5 nitrogen and oxygen atoms in total. The van der Waals surface area contributed by atoms with E-state index >= 15 is 0 Å². The van der Waals surface area contributed by atoms with E-state index in [1.165, 1.54) is 0 Å². The molecule has 0 bridgehead atoms. The lowest BCUT2D eigenvalue weighted by Crippen LogP contribution is -2.45. The van der Waals surface area contributed by atoms with Gasteiger partial charge in [-0.15, -0.1) is 0 Å². The quantitative estimate of drug-likeness (QED) is 0.721. The molecule has 0 atom stereocenters. The Balaban J connectivity index is 1.65. The standard InChI is InChI=1S/C15H29N3O2/c1-13(2)5-11-20-12-10-17-8-9-18(15(17)19)14-3-6-16-7-4-14/h13-14,16H,3-12H2,1-2H3. The largest absolute Gasteiger partial charge is 0.380 e. The smallest absolute Gasteiger partial charge is 0.320 e. The maximum Gasteiger partial charge on any atom is 0.320 e. The number of urea groups is 1. The van der Waals surface area contributed by atoms with Crippen LogP contribution in [0.15, 0.2) is 0 Å². The molecular formula is C15H29N3O2. The van der Waals surface area contributed by atoms with Crippen LogP contribution in [0.3, 0.4) is 0 Å². The highest BCUT2D eigenvalue weighted by Gasteiger charge is 2.33. The van der Waals surface area contributed by atoms with Crippen LogP contribution in [0.1, 0.15) is 33.1 Å². The van der Waals surface area contributed by atoms with E-state index < -0.39 is 0 Å². The van der Waals surface area contributed by atoms with Crippen molar-refractivity contribution in [2.75, 3.05) is 45.9 Å². The Labute approximate surface area is 122 Å². The van der Waals surface area contributed by atoms with Gasteiger partial charge in [0, 0.05) is 32.3 Å². The molecule has 0 aromatic rings. The average Bonchev–Trinajstić information content (AvgIpc) is 2.80. The molecule has 1 N–H and O–H groups in total. The van der Waals surface area contributed by atoms with E-state index in [-0.39, 0.29) is 6.03 Å². The first-order chi connectivity index (χ1) is 9.68. The third-order valence-electron chi connectivity index (χ3n) is 4.22. The van der Waals surface area contributed by atoms with Gasteiger partial charge in [-0.05, 0) is 38.3 Å². The Morgan fingerprint density at radius 3 is 2.70 bits per heavy atom. The fourth-order valence-corrected chi connectivity index (χ4v) is 2.86. The number of piperidine rings is 1. The molecule has 0 aromatic heterocycles. The molecule has 2 heterocycles. The number of hydrogen-bond acceptors (Lipinski definition) is 3. The van der Waals surface area contributed by atoms with E-state index in [1.54, 1.807) is 0 Å². The number of carbonyl (C=O) groups excluding carboxylic acids is 1. The van der Waals surface area contributed by atoms with Crippen molar-refractivity contribution < 1.29 is 9.53 Å². The lowest BCUT2D eigenvalue weighted by molar-refractivity contribution is 0.104. The average molecular weight is 283 g/mol. The summed E-state index contributed by atoms with van der Waals surface area (Å²) in [5.74, 6) is 0.679. The van der Waals surface area contributed by atoms with Crippen LogP contribution in [0.2, 0.25) is 0 Å². The highest BCUT2D eigenvalue weighted by molar-refractivity contribution is 5.76. The lowest BCUT2D eigenvalue weighted by Gasteiger charge is -2.31. The van der Waals surface area contributed by atoms with E-state index in [0.29, 0.717) is 18.6 Å². The second-order valence-corrected chi connectivity index (χ2v) is 6.24. The summed E-state index contributed by atoms with van der Waals surface area (Å²) in [6, 6.07) is 0.653. The summed E-state index contributed by atoms with van der Waals surface area (Å²) in [5.41, 5.74) is 0. The summed E-state index contributed by atoms with van der Waals surface area (Å²) in [5, 5.41) is 3.35. The van der Waals surface area contributed by atoms with Crippen LogP contribution < -0.4 is 5.32 Å². The predicted octanol–water partition coefficient (Wildman–Crippen LogP) is 1.54. The molecule has 0 saturated carbocycles. The Kier molecular flexibility index (Phi) is 6.10. The molecule has 2 aliphatic rings. The summed E-state index contributed by atoms with van der Waals surface area (Å²) < 4.78 is 5.61. The van der Waals surface area contributed by atoms with Crippen molar-refractivity contribution in [3.05, 3.63) is 0 Å². The number of amides is 2. The SMILES string of the molecule is CC(C)CCOCCN1CCN(C2CCNCC2)C1=O. The number of nitrogens with zero attached hydrogens (tertiary/aromatic N) is 2. The summed E-state index contributed by atoms with van der Waals surface area (Å²) in [6.07, 6.45) is 3.27. The monoisotopic (exact) mass is 283 g/mol. The van der Waals surface area contributed by atoms with Gasteiger partial charge in [0.2, 0.25) is 0 Å². The first-order valence-corrected chi connectivity index (χ1v) is 8.02. The van der Waals surface area contributed by atoms with Gasteiger partial charge in [0.1, 0.15) is 0 Å². The van der Waals surface area contributed by atoms with Crippen LogP contribution in [0.4, 0.5) is 4.79 Å². The normalized spacial score (nSPS) is 21.2. The molecule has 0 unspecified atom stereocenters. The summed E-state index contributed by atoms with van der Waals surface area (Å²) in [6.45, 7) is 10.4. The number of carbonyl (C=O) groups is 1. The van der Waals surface area contributed by atoms with E-state index in [4.69, 9.17) is 4.74 Å². The van der Waals surface area contributed by atoms with E-state index in [0.717, 1.165) is 58.6 Å². The molecule has 0 spiro atoms. The summed E-state index contributed by atoms with van der Waals surface area (Å²) >= 11 is 0. The molecule has 20 heavy (non-hydrogen) atoms. The van der Waals surface area contributed by atoms with Gasteiger partial charge in [0.05, 0.1) is 6.61 Å². The maximum atomic E-state index is 12.4. The number of hydrogen-bond donors (Lipinski definition) is 1. The highest BCUT2D eigenvalue weighted by Crippen LogP contribution is 2.18. The minimum Gasteiger partial charge on any atom is -0.380 e. The topological polar surface area (TPSA) is 44.8 Å². The lowest BCUT2D eigenvalue weighted by atomic mass is 10.1.